The minimum Gasteiger partial charge on any atom is -0.248 e. The van der Waals surface area contributed by atoms with Crippen molar-refractivity contribution in [2.45, 2.75) is 23.4 Å². The Balaban J connectivity index is 1.92. The molecule has 3 aromatic heterocycles. The van der Waals surface area contributed by atoms with Gasteiger partial charge in [-0.3, -0.25) is 0 Å². The van der Waals surface area contributed by atoms with Gasteiger partial charge in [-0.1, -0.05) is 23.4 Å². The third-order valence-corrected chi connectivity index (χ3v) is 4.93. The van der Waals surface area contributed by atoms with Crippen molar-refractivity contribution >= 4 is 29.0 Å². The largest absolute Gasteiger partial charge is 0.417 e. The summed E-state index contributed by atoms with van der Waals surface area (Å²) >= 11 is 7.14. The molecule has 0 aliphatic carbocycles. The highest BCUT2D eigenvalue weighted by molar-refractivity contribution is 7.99. The van der Waals surface area contributed by atoms with Crippen molar-refractivity contribution in [1.29, 1.82) is 5.26 Å². The van der Waals surface area contributed by atoms with E-state index in [0.29, 0.717) is 16.9 Å². The van der Waals surface area contributed by atoms with Gasteiger partial charge < -0.3 is 0 Å². The minimum atomic E-state index is -4.49. The van der Waals surface area contributed by atoms with Gasteiger partial charge in [-0.05, 0) is 19.1 Å². The molecule has 0 fully saturated rings. The van der Waals surface area contributed by atoms with Crippen molar-refractivity contribution < 1.29 is 13.2 Å². The molecule has 128 valence electrons. The van der Waals surface area contributed by atoms with Gasteiger partial charge in [0.05, 0.1) is 27.7 Å². The summed E-state index contributed by atoms with van der Waals surface area (Å²) in [5.74, 6) is 0. The van der Waals surface area contributed by atoms with Crippen molar-refractivity contribution in [2.75, 3.05) is 0 Å². The zero-order valence-electron chi connectivity index (χ0n) is 12.6. The van der Waals surface area contributed by atoms with Crippen LogP contribution in [0.1, 0.15) is 29.0 Å². The summed E-state index contributed by atoms with van der Waals surface area (Å²) in [6.07, 6.45) is -0.783. The first kappa shape index (κ1) is 17.5. The van der Waals surface area contributed by atoms with Gasteiger partial charge in [-0.25, -0.2) is 14.5 Å². The van der Waals surface area contributed by atoms with Crippen LogP contribution in [0.2, 0.25) is 5.02 Å². The van der Waals surface area contributed by atoms with E-state index in [4.69, 9.17) is 16.9 Å². The van der Waals surface area contributed by atoms with Gasteiger partial charge >= 0.3 is 6.18 Å². The van der Waals surface area contributed by atoms with Crippen molar-refractivity contribution in [3.05, 3.63) is 52.6 Å². The predicted octanol–water partition coefficient (Wildman–Crippen LogP) is 4.52. The van der Waals surface area contributed by atoms with Crippen LogP contribution in [0.3, 0.4) is 0 Å². The molecule has 1 atom stereocenters. The van der Waals surface area contributed by atoms with Gasteiger partial charge in [-0.2, -0.15) is 23.5 Å². The number of halogens is 4. The molecule has 3 aromatic rings. The number of thioether (sulfide) groups is 1. The maximum atomic E-state index is 12.7. The third kappa shape index (κ3) is 3.41. The first-order valence-electron chi connectivity index (χ1n) is 6.93. The number of nitriles is 1. The van der Waals surface area contributed by atoms with Crippen molar-refractivity contribution in [1.82, 2.24) is 19.6 Å². The number of rotatable bonds is 3. The molecule has 0 bridgehead atoms. The lowest BCUT2D eigenvalue weighted by Gasteiger charge is -2.14. The van der Waals surface area contributed by atoms with Crippen LogP contribution in [-0.2, 0) is 6.18 Å². The quantitative estimate of drug-likeness (QED) is 0.622. The van der Waals surface area contributed by atoms with Crippen molar-refractivity contribution in [2.24, 2.45) is 0 Å². The normalized spacial score (nSPS) is 13.0. The molecule has 5 nitrogen and oxygen atoms in total. The summed E-state index contributed by atoms with van der Waals surface area (Å²) in [7, 11) is 0. The molecule has 0 N–H and O–H groups in total. The second-order valence-corrected chi connectivity index (χ2v) is 6.78. The van der Waals surface area contributed by atoms with Gasteiger partial charge in [-0.15, -0.1) is 0 Å². The Bertz CT molecular complexity index is 979. The van der Waals surface area contributed by atoms with Crippen LogP contribution < -0.4 is 0 Å². The Hall–Kier alpha value is -2.31. The third-order valence-electron chi connectivity index (χ3n) is 3.39. The summed E-state index contributed by atoms with van der Waals surface area (Å²) in [5, 5.41) is 13.2. The molecule has 0 amide bonds. The molecule has 0 aliphatic heterocycles. The lowest BCUT2D eigenvalue weighted by molar-refractivity contribution is -0.137. The molecule has 25 heavy (non-hydrogen) atoms. The SMILES string of the molecule is CC(Sc1ncc(C(F)(F)F)cc1Cl)c1ccnc2c(C#N)cnn12. The lowest BCUT2D eigenvalue weighted by atomic mass is 10.3. The highest BCUT2D eigenvalue weighted by atomic mass is 35.5. The number of hydrogen-bond donors (Lipinski definition) is 0. The van der Waals surface area contributed by atoms with E-state index < -0.39 is 11.7 Å². The van der Waals surface area contributed by atoms with Crippen LogP contribution in [0.15, 0.2) is 35.7 Å². The second-order valence-electron chi connectivity index (χ2n) is 5.04. The molecular formula is C15H9ClF3N5S. The fourth-order valence-corrected chi connectivity index (χ4v) is 3.41. The maximum absolute atomic E-state index is 12.7. The van der Waals surface area contributed by atoms with Crippen molar-refractivity contribution in [3.8, 4) is 6.07 Å². The van der Waals surface area contributed by atoms with Gasteiger partial charge in [0.25, 0.3) is 0 Å². The molecule has 0 radical (unpaired) electrons. The molecular weight excluding hydrogens is 375 g/mol. The zero-order valence-corrected chi connectivity index (χ0v) is 14.2. The Morgan fingerprint density at radius 1 is 1.32 bits per heavy atom. The smallest absolute Gasteiger partial charge is 0.248 e. The molecule has 0 spiro atoms. The number of pyridine rings is 1. The monoisotopic (exact) mass is 383 g/mol. The molecule has 3 rings (SSSR count). The van der Waals surface area contributed by atoms with E-state index >= 15 is 0 Å². The standard InChI is InChI=1S/C15H9ClF3N5S/c1-8(12-2-3-21-13-9(5-20)6-23-24(12)13)25-14-11(16)4-10(7-22-14)15(17,18)19/h2-4,6-8H,1H3. The average Bonchev–Trinajstić information content (AvgIpc) is 2.98. The van der Waals surface area contributed by atoms with Crippen molar-refractivity contribution in [3.63, 3.8) is 0 Å². The molecule has 0 aromatic carbocycles. The Labute approximate surface area is 149 Å². The van der Waals surface area contributed by atoms with Crippen LogP contribution in [0, 0.1) is 11.3 Å². The number of alkyl halides is 3. The van der Waals surface area contributed by atoms with Crippen LogP contribution in [0.25, 0.3) is 5.65 Å². The van der Waals surface area contributed by atoms with Crippen LogP contribution in [0.5, 0.6) is 0 Å². The lowest BCUT2D eigenvalue weighted by Crippen LogP contribution is -2.06. The van der Waals surface area contributed by atoms with Gasteiger partial charge in [0.15, 0.2) is 5.65 Å². The van der Waals surface area contributed by atoms with Crippen LogP contribution >= 0.6 is 23.4 Å². The van der Waals surface area contributed by atoms with E-state index in [1.165, 1.54) is 22.5 Å². The molecule has 0 aliphatic rings. The molecule has 3 heterocycles. The molecule has 0 saturated heterocycles. The molecule has 1 unspecified atom stereocenters. The van der Waals surface area contributed by atoms with Crippen LogP contribution in [0.4, 0.5) is 13.2 Å². The summed E-state index contributed by atoms with van der Waals surface area (Å²) < 4.78 is 39.6. The first-order valence-corrected chi connectivity index (χ1v) is 8.19. The Kier molecular flexibility index (Phi) is 4.58. The molecule has 10 heteroatoms. The van der Waals surface area contributed by atoms with E-state index in [2.05, 4.69) is 15.1 Å². The summed E-state index contributed by atoms with van der Waals surface area (Å²) in [5.41, 5.74) is 0.574. The summed E-state index contributed by atoms with van der Waals surface area (Å²) in [6, 6.07) is 4.58. The van der Waals surface area contributed by atoms with E-state index in [9.17, 15) is 13.2 Å². The Morgan fingerprint density at radius 3 is 2.72 bits per heavy atom. The topological polar surface area (TPSA) is 66.9 Å². The van der Waals surface area contributed by atoms with E-state index in [-0.39, 0.29) is 15.3 Å². The van der Waals surface area contributed by atoms with Gasteiger partial charge in [0, 0.05) is 12.4 Å². The first-order chi connectivity index (χ1) is 11.8. The Morgan fingerprint density at radius 2 is 2.08 bits per heavy atom. The second kappa shape index (κ2) is 6.54. The fourth-order valence-electron chi connectivity index (χ4n) is 2.19. The summed E-state index contributed by atoms with van der Waals surface area (Å²) in [6.45, 7) is 1.84. The maximum Gasteiger partial charge on any atom is 0.417 e. The molecule has 0 saturated carbocycles. The minimum absolute atomic E-state index is 0.0739. The van der Waals surface area contributed by atoms with E-state index in [0.717, 1.165) is 12.3 Å². The highest BCUT2D eigenvalue weighted by Crippen LogP contribution is 2.39. The average molecular weight is 384 g/mol. The number of fused-ring (bicyclic) bond motifs is 1. The number of hydrogen-bond acceptors (Lipinski definition) is 5. The number of aromatic nitrogens is 4. The van der Waals surface area contributed by atoms with E-state index in [1.54, 1.807) is 12.3 Å². The van der Waals surface area contributed by atoms with Crippen LogP contribution in [-0.4, -0.2) is 19.6 Å². The predicted molar refractivity (Wildman–Crippen MR) is 86.2 cm³/mol. The zero-order chi connectivity index (χ0) is 18.2. The fraction of sp³-hybridized carbons (Fsp3) is 0.200. The number of nitrogens with zero attached hydrogens (tertiary/aromatic N) is 5. The van der Waals surface area contributed by atoms with Gasteiger partial charge in [0.1, 0.15) is 16.7 Å². The van der Waals surface area contributed by atoms with E-state index in [1.807, 2.05) is 13.0 Å². The summed E-state index contributed by atoms with van der Waals surface area (Å²) in [4.78, 5) is 7.95. The highest BCUT2D eigenvalue weighted by Gasteiger charge is 2.31. The van der Waals surface area contributed by atoms with Gasteiger partial charge in [0.2, 0.25) is 0 Å².